The third kappa shape index (κ3) is 5.10. The molecule has 172 valence electrons. The van der Waals surface area contributed by atoms with Crippen LogP contribution in [0.2, 0.25) is 0 Å². The number of nitrogens with zero attached hydrogens (tertiary/aromatic N) is 5. The number of likely N-dealkylation sites (N-methyl/N-ethyl adjacent to an activating group) is 1. The van der Waals surface area contributed by atoms with Crippen molar-refractivity contribution >= 4 is 22.5 Å². The van der Waals surface area contributed by atoms with Crippen LogP contribution in [0.5, 0.6) is 0 Å². The van der Waals surface area contributed by atoms with Gasteiger partial charge in [-0.1, -0.05) is 0 Å². The van der Waals surface area contributed by atoms with Gasteiger partial charge in [-0.2, -0.15) is 5.10 Å². The number of rotatable bonds is 7. The molecule has 1 aromatic carbocycles. The number of fused-ring (bicyclic) bond motifs is 1. The van der Waals surface area contributed by atoms with E-state index in [0.717, 1.165) is 35.2 Å². The number of pyridine rings is 1. The zero-order chi connectivity index (χ0) is 23.8. The standard InChI is InChI=1S/C24H28N6O3/c1-15-10-16(6-7-25-15)23-27-21(14-33-23)22(31)26-20-11-17-13-30(9-8-29(4)5)28-19(17)12-18(20)24(2,3)32/h6-7,10-14,32H,8-9H2,1-5H3,(H,26,31). The molecule has 3 aromatic heterocycles. The highest BCUT2D eigenvalue weighted by molar-refractivity contribution is 6.04. The quantitative estimate of drug-likeness (QED) is 0.446. The first-order chi connectivity index (χ1) is 15.6. The molecular weight excluding hydrogens is 420 g/mol. The van der Waals surface area contributed by atoms with Crippen LogP contribution in [-0.2, 0) is 12.1 Å². The second-order valence-electron chi connectivity index (χ2n) is 8.89. The number of aryl methyl sites for hydroxylation is 1. The molecule has 0 fully saturated rings. The van der Waals surface area contributed by atoms with Crippen molar-refractivity contribution < 1.29 is 14.3 Å². The number of aromatic nitrogens is 4. The Morgan fingerprint density at radius 2 is 2.06 bits per heavy atom. The summed E-state index contributed by atoms with van der Waals surface area (Å²) in [5, 5.41) is 19.1. The number of anilines is 1. The van der Waals surface area contributed by atoms with Crippen LogP contribution in [0, 0.1) is 6.92 Å². The van der Waals surface area contributed by atoms with Gasteiger partial charge in [-0.3, -0.25) is 14.5 Å². The van der Waals surface area contributed by atoms with Crippen LogP contribution in [0.15, 0.2) is 47.3 Å². The zero-order valence-electron chi connectivity index (χ0n) is 19.5. The Kier molecular flexibility index (Phi) is 6.01. The van der Waals surface area contributed by atoms with Crippen molar-refractivity contribution in [3.05, 3.63) is 59.9 Å². The molecule has 9 heteroatoms. The Morgan fingerprint density at radius 1 is 1.27 bits per heavy atom. The summed E-state index contributed by atoms with van der Waals surface area (Å²) >= 11 is 0. The largest absolute Gasteiger partial charge is 0.444 e. The van der Waals surface area contributed by atoms with E-state index < -0.39 is 11.5 Å². The number of benzene rings is 1. The van der Waals surface area contributed by atoms with Crippen molar-refractivity contribution in [3.63, 3.8) is 0 Å². The van der Waals surface area contributed by atoms with Crippen LogP contribution in [0.4, 0.5) is 5.69 Å². The van der Waals surface area contributed by atoms with Gasteiger partial charge in [0.25, 0.3) is 5.91 Å². The van der Waals surface area contributed by atoms with E-state index in [2.05, 4.69) is 25.3 Å². The maximum atomic E-state index is 13.0. The van der Waals surface area contributed by atoms with Crippen molar-refractivity contribution in [1.29, 1.82) is 0 Å². The van der Waals surface area contributed by atoms with Gasteiger partial charge in [-0.15, -0.1) is 0 Å². The maximum absolute atomic E-state index is 13.0. The van der Waals surface area contributed by atoms with Crippen LogP contribution >= 0.6 is 0 Å². The smallest absolute Gasteiger partial charge is 0.277 e. The highest BCUT2D eigenvalue weighted by Gasteiger charge is 2.24. The number of nitrogens with one attached hydrogen (secondary N) is 1. The van der Waals surface area contributed by atoms with E-state index >= 15 is 0 Å². The molecule has 4 rings (SSSR count). The summed E-state index contributed by atoms with van der Waals surface area (Å²) in [5.74, 6) is -0.0911. The molecule has 9 nitrogen and oxygen atoms in total. The van der Waals surface area contributed by atoms with Gasteiger partial charge in [-0.25, -0.2) is 4.98 Å². The van der Waals surface area contributed by atoms with Crippen molar-refractivity contribution in [2.75, 3.05) is 26.0 Å². The second kappa shape index (κ2) is 8.76. The summed E-state index contributed by atoms with van der Waals surface area (Å²) in [6.45, 7) is 6.80. The Labute approximate surface area is 192 Å². The van der Waals surface area contributed by atoms with E-state index in [9.17, 15) is 9.90 Å². The summed E-state index contributed by atoms with van der Waals surface area (Å²) in [6, 6.07) is 7.24. The van der Waals surface area contributed by atoms with E-state index in [1.807, 2.05) is 50.1 Å². The van der Waals surface area contributed by atoms with E-state index in [4.69, 9.17) is 4.42 Å². The summed E-state index contributed by atoms with van der Waals surface area (Å²) in [5.41, 5.74) is 2.33. The van der Waals surface area contributed by atoms with Crippen molar-refractivity contribution in [2.45, 2.75) is 32.9 Å². The molecule has 0 radical (unpaired) electrons. The highest BCUT2D eigenvalue weighted by Crippen LogP contribution is 2.32. The highest BCUT2D eigenvalue weighted by atomic mass is 16.3. The van der Waals surface area contributed by atoms with E-state index in [0.29, 0.717) is 17.1 Å². The van der Waals surface area contributed by atoms with Crippen LogP contribution < -0.4 is 5.32 Å². The Balaban J connectivity index is 1.63. The molecule has 0 saturated heterocycles. The minimum absolute atomic E-state index is 0.142. The number of hydrogen-bond donors (Lipinski definition) is 2. The minimum Gasteiger partial charge on any atom is -0.444 e. The molecule has 0 bridgehead atoms. The number of aliphatic hydroxyl groups is 1. The van der Waals surface area contributed by atoms with Gasteiger partial charge in [0, 0.05) is 46.8 Å². The predicted molar refractivity (Wildman–Crippen MR) is 126 cm³/mol. The number of amides is 1. The molecule has 0 aliphatic rings. The number of oxazole rings is 1. The predicted octanol–water partition coefficient (Wildman–Crippen LogP) is 3.44. The molecule has 0 saturated carbocycles. The molecule has 3 heterocycles. The van der Waals surface area contributed by atoms with Crippen LogP contribution in [0.25, 0.3) is 22.4 Å². The van der Waals surface area contributed by atoms with Gasteiger partial charge in [0.15, 0.2) is 5.69 Å². The summed E-state index contributed by atoms with van der Waals surface area (Å²) in [7, 11) is 4.02. The number of carbonyl (C=O) groups excluding carboxylic acids is 1. The maximum Gasteiger partial charge on any atom is 0.277 e. The van der Waals surface area contributed by atoms with Crippen LogP contribution in [0.3, 0.4) is 0 Å². The Hall–Kier alpha value is -3.56. The molecule has 0 unspecified atom stereocenters. The van der Waals surface area contributed by atoms with Gasteiger partial charge in [0.1, 0.15) is 6.26 Å². The lowest BCUT2D eigenvalue weighted by Crippen LogP contribution is -2.21. The first-order valence-corrected chi connectivity index (χ1v) is 10.7. The number of carbonyl (C=O) groups is 1. The summed E-state index contributed by atoms with van der Waals surface area (Å²) in [4.78, 5) is 23.5. The van der Waals surface area contributed by atoms with E-state index in [1.165, 1.54) is 6.26 Å². The average Bonchev–Trinajstić information content (AvgIpc) is 3.38. The SMILES string of the molecule is Cc1cc(-c2nc(C(=O)Nc3cc4cn(CCN(C)C)nc4cc3C(C)(C)O)co2)ccn1. The van der Waals surface area contributed by atoms with Crippen molar-refractivity contribution in [1.82, 2.24) is 24.6 Å². The van der Waals surface area contributed by atoms with Crippen LogP contribution in [0.1, 0.15) is 35.6 Å². The molecule has 0 atom stereocenters. The van der Waals surface area contributed by atoms with E-state index in [-0.39, 0.29) is 5.69 Å². The fraction of sp³-hybridized carbons (Fsp3) is 0.333. The normalized spacial score (nSPS) is 12.0. The Bertz CT molecular complexity index is 1300. The van der Waals surface area contributed by atoms with Gasteiger partial charge < -0.3 is 19.7 Å². The summed E-state index contributed by atoms with van der Waals surface area (Å²) < 4.78 is 7.38. The molecule has 33 heavy (non-hydrogen) atoms. The molecule has 0 aliphatic carbocycles. The monoisotopic (exact) mass is 448 g/mol. The van der Waals surface area contributed by atoms with Gasteiger partial charge in [0.05, 0.1) is 17.7 Å². The lowest BCUT2D eigenvalue weighted by atomic mass is 9.95. The fourth-order valence-electron chi connectivity index (χ4n) is 3.52. The molecule has 1 amide bonds. The lowest BCUT2D eigenvalue weighted by molar-refractivity contribution is 0.0794. The third-order valence-electron chi connectivity index (χ3n) is 5.26. The third-order valence-corrected chi connectivity index (χ3v) is 5.26. The molecule has 0 aliphatic heterocycles. The van der Waals surface area contributed by atoms with Crippen molar-refractivity contribution in [3.8, 4) is 11.5 Å². The first-order valence-electron chi connectivity index (χ1n) is 10.7. The minimum atomic E-state index is -1.19. The molecule has 2 N–H and O–H groups in total. The molecule has 0 spiro atoms. The topological polar surface area (TPSA) is 109 Å². The van der Waals surface area contributed by atoms with Crippen LogP contribution in [-0.4, -0.2) is 56.3 Å². The summed E-state index contributed by atoms with van der Waals surface area (Å²) in [6.07, 6.45) is 4.92. The second-order valence-corrected chi connectivity index (χ2v) is 8.89. The fourth-order valence-corrected chi connectivity index (χ4v) is 3.52. The van der Waals surface area contributed by atoms with E-state index in [1.54, 1.807) is 26.1 Å². The van der Waals surface area contributed by atoms with Gasteiger partial charge >= 0.3 is 0 Å². The van der Waals surface area contributed by atoms with Crippen molar-refractivity contribution in [2.24, 2.45) is 0 Å². The number of hydrogen-bond acceptors (Lipinski definition) is 7. The lowest BCUT2D eigenvalue weighted by Gasteiger charge is -2.21. The average molecular weight is 449 g/mol. The van der Waals surface area contributed by atoms with Gasteiger partial charge in [-0.05, 0) is 59.1 Å². The molecular formula is C24H28N6O3. The molecule has 4 aromatic rings. The first kappa shape index (κ1) is 22.6. The Morgan fingerprint density at radius 3 is 2.76 bits per heavy atom. The van der Waals surface area contributed by atoms with Gasteiger partial charge in [0.2, 0.25) is 5.89 Å². The zero-order valence-corrected chi connectivity index (χ0v) is 19.5.